The molecule has 5 heteroatoms. The van der Waals surface area contributed by atoms with E-state index in [1.54, 1.807) is 6.20 Å². The van der Waals surface area contributed by atoms with Gasteiger partial charge in [-0.05, 0) is 49.6 Å². The Balaban J connectivity index is 1.56. The molecule has 5 nitrogen and oxygen atoms in total. The van der Waals surface area contributed by atoms with Crippen LogP contribution in [0.5, 0.6) is 0 Å². The molecule has 0 amide bonds. The molecule has 0 aliphatic heterocycles. The fraction of sp³-hybridized carbons (Fsp3) is 0.261. The van der Waals surface area contributed by atoms with Gasteiger partial charge in [-0.15, -0.1) is 0 Å². The van der Waals surface area contributed by atoms with Crippen LogP contribution in [0.1, 0.15) is 31.2 Å². The van der Waals surface area contributed by atoms with Crippen molar-refractivity contribution >= 4 is 11.5 Å². The van der Waals surface area contributed by atoms with Gasteiger partial charge >= 0.3 is 0 Å². The van der Waals surface area contributed by atoms with Crippen molar-refractivity contribution in [1.82, 2.24) is 19.4 Å². The second-order valence-corrected chi connectivity index (χ2v) is 7.52. The van der Waals surface area contributed by atoms with E-state index in [0.29, 0.717) is 6.04 Å². The van der Waals surface area contributed by atoms with Crippen molar-refractivity contribution < 1.29 is 0 Å². The Labute approximate surface area is 164 Å². The van der Waals surface area contributed by atoms with Crippen LogP contribution in [0.25, 0.3) is 28.2 Å². The van der Waals surface area contributed by atoms with E-state index in [1.165, 1.54) is 31.2 Å². The normalized spacial score (nSPS) is 14.6. The fourth-order valence-corrected chi connectivity index (χ4v) is 4.07. The summed E-state index contributed by atoms with van der Waals surface area (Å²) in [4.78, 5) is 13.7. The molecule has 0 atom stereocenters. The largest absolute Gasteiger partial charge is 0.367 e. The summed E-state index contributed by atoms with van der Waals surface area (Å²) in [5, 5.41) is 3.59. The SMILES string of the molecule is Cc1cc2ncc(-c3cccc(NC4CCCC4)n3)n2cc1-c1cccnc1. The highest BCUT2D eigenvalue weighted by Gasteiger charge is 2.16. The maximum absolute atomic E-state index is 4.87. The van der Waals surface area contributed by atoms with Gasteiger partial charge in [0.2, 0.25) is 0 Å². The van der Waals surface area contributed by atoms with Crippen LogP contribution in [-0.2, 0) is 0 Å². The maximum Gasteiger partial charge on any atom is 0.137 e. The molecule has 0 radical (unpaired) electrons. The number of hydrogen-bond acceptors (Lipinski definition) is 4. The Bertz CT molecular complexity index is 1110. The fourth-order valence-electron chi connectivity index (χ4n) is 4.07. The molecular weight excluding hydrogens is 346 g/mol. The van der Waals surface area contributed by atoms with Gasteiger partial charge in [0.05, 0.1) is 17.6 Å². The first-order chi connectivity index (χ1) is 13.8. The van der Waals surface area contributed by atoms with Crippen molar-refractivity contribution in [3.63, 3.8) is 0 Å². The van der Waals surface area contributed by atoms with E-state index >= 15 is 0 Å². The van der Waals surface area contributed by atoms with Crippen LogP contribution >= 0.6 is 0 Å². The molecule has 28 heavy (non-hydrogen) atoms. The van der Waals surface area contributed by atoms with Crippen molar-refractivity contribution in [2.24, 2.45) is 0 Å². The van der Waals surface area contributed by atoms with Crippen LogP contribution in [-0.4, -0.2) is 25.4 Å². The number of nitrogens with zero attached hydrogens (tertiary/aromatic N) is 4. The Morgan fingerprint density at radius 1 is 1.07 bits per heavy atom. The van der Waals surface area contributed by atoms with E-state index in [2.05, 4.69) is 57.1 Å². The molecule has 5 rings (SSSR count). The average molecular weight is 369 g/mol. The zero-order valence-electron chi connectivity index (χ0n) is 16.0. The number of hydrogen-bond donors (Lipinski definition) is 1. The maximum atomic E-state index is 4.87. The highest BCUT2D eigenvalue weighted by atomic mass is 15.1. The lowest BCUT2D eigenvalue weighted by Gasteiger charge is -2.13. The first-order valence-electron chi connectivity index (χ1n) is 9.90. The van der Waals surface area contributed by atoms with Gasteiger partial charge < -0.3 is 5.32 Å². The lowest BCUT2D eigenvalue weighted by molar-refractivity contribution is 0.751. The van der Waals surface area contributed by atoms with E-state index in [4.69, 9.17) is 4.98 Å². The van der Waals surface area contributed by atoms with E-state index in [9.17, 15) is 0 Å². The lowest BCUT2D eigenvalue weighted by Crippen LogP contribution is -2.15. The van der Waals surface area contributed by atoms with E-state index < -0.39 is 0 Å². The summed E-state index contributed by atoms with van der Waals surface area (Å²) in [6, 6.07) is 12.9. The molecule has 1 aliphatic carbocycles. The van der Waals surface area contributed by atoms with Gasteiger partial charge in [-0.2, -0.15) is 0 Å². The minimum atomic E-state index is 0.546. The summed E-state index contributed by atoms with van der Waals surface area (Å²) in [6.45, 7) is 2.11. The van der Waals surface area contributed by atoms with Gasteiger partial charge in [0.15, 0.2) is 0 Å². The zero-order valence-corrected chi connectivity index (χ0v) is 16.0. The highest BCUT2D eigenvalue weighted by Crippen LogP contribution is 2.28. The smallest absolute Gasteiger partial charge is 0.137 e. The number of imidazole rings is 1. The third kappa shape index (κ3) is 3.13. The summed E-state index contributed by atoms with van der Waals surface area (Å²) in [6.07, 6.45) is 12.8. The molecule has 4 aromatic heterocycles. The third-order valence-electron chi connectivity index (χ3n) is 5.55. The number of nitrogens with one attached hydrogen (secondary N) is 1. The van der Waals surface area contributed by atoms with Crippen LogP contribution in [0.3, 0.4) is 0 Å². The van der Waals surface area contributed by atoms with Gasteiger partial charge in [-0.1, -0.05) is 25.0 Å². The molecule has 0 spiro atoms. The second kappa shape index (κ2) is 7.08. The third-order valence-corrected chi connectivity index (χ3v) is 5.55. The molecule has 1 fully saturated rings. The predicted octanol–water partition coefficient (Wildman–Crippen LogP) is 5.12. The minimum absolute atomic E-state index is 0.546. The van der Waals surface area contributed by atoms with Gasteiger partial charge in [0.25, 0.3) is 0 Å². The molecule has 1 saturated carbocycles. The molecule has 0 unspecified atom stereocenters. The van der Waals surface area contributed by atoms with E-state index in [-0.39, 0.29) is 0 Å². The molecule has 140 valence electrons. The Morgan fingerprint density at radius 3 is 2.79 bits per heavy atom. The molecule has 4 heterocycles. The summed E-state index contributed by atoms with van der Waals surface area (Å²) in [5.74, 6) is 0.943. The molecule has 4 aromatic rings. The average Bonchev–Trinajstić information content (AvgIpc) is 3.38. The summed E-state index contributed by atoms with van der Waals surface area (Å²) in [7, 11) is 0. The number of aryl methyl sites for hydroxylation is 1. The van der Waals surface area contributed by atoms with Gasteiger partial charge in [0, 0.05) is 35.8 Å². The van der Waals surface area contributed by atoms with Gasteiger partial charge in [-0.25, -0.2) is 9.97 Å². The lowest BCUT2D eigenvalue weighted by atomic mass is 10.0. The van der Waals surface area contributed by atoms with Crippen molar-refractivity contribution in [1.29, 1.82) is 0 Å². The van der Waals surface area contributed by atoms with Crippen molar-refractivity contribution in [3.05, 3.63) is 66.7 Å². The van der Waals surface area contributed by atoms with E-state index in [1.807, 2.05) is 24.5 Å². The molecule has 1 N–H and O–H groups in total. The molecule has 0 aromatic carbocycles. The van der Waals surface area contributed by atoms with Crippen LogP contribution in [0.15, 0.2) is 61.2 Å². The Hall–Kier alpha value is -3.21. The van der Waals surface area contributed by atoms with Crippen molar-refractivity contribution in [2.75, 3.05) is 5.32 Å². The second-order valence-electron chi connectivity index (χ2n) is 7.52. The quantitative estimate of drug-likeness (QED) is 0.542. The predicted molar refractivity (Wildman–Crippen MR) is 112 cm³/mol. The van der Waals surface area contributed by atoms with Crippen LogP contribution < -0.4 is 5.32 Å². The highest BCUT2D eigenvalue weighted by molar-refractivity contribution is 5.71. The molecular formula is C23H23N5. The number of rotatable bonds is 4. The molecule has 0 saturated heterocycles. The first-order valence-corrected chi connectivity index (χ1v) is 9.90. The van der Waals surface area contributed by atoms with E-state index in [0.717, 1.165) is 34.0 Å². The summed E-state index contributed by atoms with van der Waals surface area (Å²) < 4.78 is 2.12. The van der Waals surface area contributed by atoms with Crippen LogP contribution in [0, 0.1) is 6.92 Å². The number of pyridine rings is 3. The molecule has 0 bridgehead atoms. The number of fused-ring (bicyclic) bond motifs is 1. The molecule has 1 aliphatic rings. The number of aromatic nitrogens is 4. The first kappa shape index (κ1) is 16.9. The van der Waals surface area contributed by atoms with Crippen LogP contribution in [0.2, 0.25) is 0 Å². The van der Waals surface area contributed by atoms with Crippen molar-refractivity contribution in [2.45, 2.75) is 38.6 Å². The van der Waals surface area contributed by atoms with Crippen molar-refractivity contribution in [3.8, 4) is 22.5 Å². The van der Waals surface area contributed by atoms with Gasteiger partial charge in [0.1, 0.15) is 11.5 Å². The summed E-state index contributed by atoms with van der Waals surface area (Å²) in [5.41, 5.74) is 6.29. The topological polar surface area (TPSA) is 55.1 Å². The monoisotopic (exact) mass is 369 g/mol. The van der Waals surface area contributed by atoms with Gasteiger partial charge in [-0.3, -0.25) is 9.38 Å². The number of anilines is 1. The summed E-state index contributed by atoms with van der Waals surface area (Å²) >= 11 is 0. The standard InChI is InChI=1S/C23H23N5/c1-16-12-23-25-14-21(28(23)15-19(16)17-6-5-11-24-13-17)20-9-4-10-22(27-20)26-18-7-2-3-8-18/h4-6,9-15,18H,2-3,7-8H2,1H3,(H,26,27). The minimum Gasteiger partial charge on any atom is -0.367 e. The Kier molecular flexibility index (Phi) is 4.28. The zero-order chi connectivity index (χ0) is 18.9. The Morgan fingerprint density at radius 2 is 1.96 bits per heavy atom. The van der Waals surface area contributed by atoms with Crippen LogP contribution in [0.4, 0.5) is 5.82 Å².